The van der Waals surface area contributed by atoms with Gasteiger partial charge < -0.3 is 10.2 Å². The molecule has 106 valence electrons. The molecule has 1 aromatic carbocycles. The number of rotatable bonds is 2. The summed E-state index contributed by atoms with van der Waals surface area (Å²) >= 11 is 0. The number of piperidine rings is 1. The molecule has 0 saturated carbocycles. The van der Waals surface area contributed by atoms with Crippen LogP contribution >= 0.6 is 0 Å². The summed E-state index contributed by atoms with van der Waals surface area (Å²) in [4.78, 5) is 6.92. The number of hydrogen-bond acceptors (Lipinski definition) is 3. The van der Waals surface area contributed by atoms with Crippen molar-refractivity contribution in [2.24, 2.45) is 4.99 Å². The van der Waals surface area contributed by atoms with E-state index >= 15 is 0 Å². The molecule has 20 heavy (non-hydrogen) atoms. The van der Waals surface area contributed by atoms with Crippen molar-refractivity contribution in [3.63, 3.8) is 0 Å². The Labute approximate surface area is 121 Å². The van der Waals surface area contributed by atoms with Crippen LogP contribution in [0.15, 0.2) is 41.0 Å². The van der Waals surface area contributed by atoms with Crippen molar-refractivity contribution in [2.75, 3.05) is 24.7 Å². The summed E-state index contributed by atoms with van der Waals surface area (Å²) in [5, 5.41) is 3.45. The molecule has 0 atom stereocenters. The number of para-hydroxylation sites is 1. The van der Waals surface area contributed by atoms with E-state index in [2.05, 4.69) is 59.4 Å². The average Bonchev–Trinajstić information content (AvgIpc) is 2.48. The van der Waals surface area contributed by atoms with Crippen molar-refractivity contribution in [2.45, 2.75) is 32.6 Å². The van der Waals surface area contributed by atoms with Crippen LogP contribution in [0.25, 0.3) is 0 Å². The molecule has 1 N–H and O–H groups in total. The fraction of sp³-hybridized carbons (Fsp3) is 0.471. The summed E-state index contributed by atoms with van der Waals surface area (Å²) in [5.41, 5.74) is 5.23. The van der Waals surface area contributed by atoms with Gasteiger partial charge in [-0.1, -0.05) is 18.2 Å². The molecule has 2 aliphatic heterocycles. The molecule has 0 spiro atoms. The van der Waals surface area contributed by atoms with Crippen LogP contribution < -0.4 is 10.2 Å². The normalized spacial score (nSPS) is 20.6. The fourth-order valence-corrected chi connectivity index (χ4v) is 3.20. The molecule has 0 unspecified atom stereocenters. The maximum Gasteiger partial charge on any atom is 0.114 e. The van der Waals surface area contributed by atoms with Crippen LogP contribution in [-0.4, -0.2) is 25.5 Å². The Morgan fingerprint density at radius 1 is 1.15 bits per heavy atom. The minimum atomic E-state index is 0.673. The summed E-state index contributed by atoms with van der Waals surface area (Å²) in [6.45, 7) is 7.25. The van der Waals surface area contributed by atoms with Crippen LogP contribution in [0.5, 0.6) is 0 Å². The van der Waals surface area contributed by atoms with Gasteiger partial charge in [-0.15, -0.1) is 0 Å². The highest BCUT2D eigenvalue weighted by molar-refractivity contribution is 5.95. The molecule has 0 aliphatic carbocycles. The third kappa shape index (κ3) is 2.63. The molecule has 0 aromatic heterocycles. The summed E-state index contributed by atoms with van der Waals surface area (Å²) in [6, 6.07) is 8.84. The minimum Gasteiger partial charge on any atom is -0.325 e. The van der Waals surface area contributed by atoms with Gasteiger partial charge in [0.1, 0.15) is 6.67 Å². The topological polar surface area (TPSA) is 27.6 Å². The van der Waals surface area contributed by atoms with Crippen molar-refractivity contribution >= 4 is 11.4 Å². The van der Waals surface area contributed by atoms with Gasteiger partial charge in [-0.3, -0.25) is 4.99 Å². The molecule has 0 bridgehead atoms. The summed E-state index contributed by atoms with van der Waals surface area (Å²) < 4.78 is 0. The van der Waals surface area contributed by atoms with Crippen molar-refractivity contribution < 1.29 is 0 Å². The van der Waals surface area contributed by atoms with Crippen LogP contribution in [-0.2, 0) is 0 Å². The van der Waals surface area contributed by atoms with Gasteiger partial charge >= 0.3 is 0 Å². The Bertz CT molecular complexity index is 539. The zero-order valence-corrected chi connectivity index (χ0v) is 12.4. The number of aliphatic imine (C=N–C) groups is 1. The molecular weight excluding hydrogens is 246 g/mol. The van der Waals surface area contributed by atoms with Crippen LogP contribution in [0.1, 0.15) is 38.2 Å². The van der Waals surface area contributed by atoms with E-state index in [0.717, 1.165) is 25.5 Å². The zero-order chi connectivity index (χ0) is 13.9. The Kier molecular flexibility index (Phi) is 3.88. The third-order valence-corrected chi connectivity index (χ3v) is 4.31. The van der Waals surface area contributed by atoms with E-state index in [4.69, 9.17) is 0 Å². The van der Waals surface area contributed by atoms with Crippen molar-refractivity contribution in [1.82, 2.24) is 5.32 Å². The van der Waals surface area contributed by atoms with Crippen LogP contribution in [0.4, 0.5) is 5.69 Å². The van der Waals surface area contributed by atoms with Crippen LogP contribution in [0, 0.1) is 0 Å². The average molecular weight is 269 g/mol. The van der Waals surface area contributed by atoms with E-state index in [-0.39, 0.29) is 0 Å². The highest BCUT2D eigenvalue weighted by atomic mass is 15.2. The molecule has 0 radical (unpaired) electrons. The molecule has 1 aromatic rings. The molecule has 3 nitrogen and oxygen atoms in total. The number of nitrogens with one attached hydrogen (secondary N) is 1. The van der Waals surface area contributed by atoms with E-state index in [1.54, 1.807) is 0 Å². The molecule has 0 amide bonds. The summed E-state index contributed by atoms with van der Waals surface area (Å²) in [6.07, 6.45) is 4.63. The van der Waals surface area contributed by atoms with Gasteiger partial charge in [0.2, 0.25) is 0 Å². The lowest BCUT2D eigenvalue weighted by Crippen LogP contribution is -2.30. The molecular formula is C17H23N3. The number of anilines is 1. The fourth-order valence-electron chi connectivity index (χ4n) is 3.20. The van der Waals surface area contributed by atoms with Gasteiger partial charge in [0.25, 0.3) is 0 Å². The van der Waals surface area contributed by atoms with E-state index < -0.39 is 0 Å². The predicted octanol–water partition coefficient (Wildman–Crippen LogP) is 3.30. The largest absolute Gasteiger partial charge is 0.325 e. The Morgan fingerprint density at radius 3 is 2.65 bits per heavy atom. The lowest BCUT2D eigenvalue weighted by Gasteiger charge is -2.32. The predicted molar refractivity (Wildman–Crippen MR) is 85.5 cm³/mol. The SMILES string of the molecule is CC1=CC(C)=NCN1c1ccccc1C1CCNCC1. The first-order valence-corrected chi connectivity index (χ1v) is 7.52. The first-order chi connectivity index (χ1) is 9.75. The minimum absolute atomic E-state index is 0.673. The maximum atomic E-state index is 4.58. The van der Waals surface area contributed by atoms with Gasteiger partial charge in [-0.25, -0.2) is 0 Å². The van der Waals surface area contributed by atoms with Gasteiger partial charge in [0.15, 0.2) is 0 Å². The van der Waals surface area contributed by atoms with Gasteiger partial charge in [0, 0.05) is 17.1 Å². The summed E-state index contributed by atoms with van der Waals surface area (Å²) in [5.74, 6) is 0.673. The second-order valence-electron chi connectivity index (χ2n) is 5.74. The number of benzene rings is 1. The first kappa shape index (κ1) is 13.4. The van der Waals surface area contributed by atoms with Crippen molar-refractivity contribution in [3.8, 4) is 0 Å². The van der Waals surface area contributed by atoms with E-state index in [9.17, 15) is 0 Å². The lowest BCUT2D eigenvalue weighted by atomic mass is 9.88. The van der Waals surface area contributed by atoms with E-state index in [0.29, 0.717) is 5.92 Å². The number of hydrogen-bond donors (Lipinski definition) is 1. The maximum absolute atomic E-state index is 4.58. The third-order valence-electron chi connectivity index (χ3n) is 4.31. The van der Waals surface area contributed by atoms with Gasteiger partial charge in [0.05, 0.1) is 0 Å². The first-order valence-electron chi connectivity index (χ1n) is 7.52. The van der Waals surface area contributed by atoms with Crippen molar-refractivity contribution in [1.29, 1.82) is 0 Å². The van der Waals surface area contributed by atoms with Crippen molar-refractivity contribution in [3.05, 3.63) is 41.6 Å². The Balaban J connectivity index is 1.92. The molecule has 2 heterocycles. The second kappa shape index (κ2) is 5.80. The number of nitrogens with zero attached hydrogens (tertiary/aromatic N) is 2. The number of allylic oxidation sites excluding steroid dienone is 2. The smallest absolute Gasteiger partial charge is 0.114 e. The highest BCUT2D eigenvalue weighted by Gasteiger charge is 2.22. The van der Waals surface area contributed by atoms with E-state index in [1.807, 2.05) is 0 Å². The lowest BCUT2D eigenvalue weighted by molar-refractivity contribution is 0.460. The van der Waals surface area contributed by atoms with E-state index in [1.165, 1.54) is 29.8 Å². The van der Waals surface area contributed by atoms with Gasteiger partial charge in [-0.05, 0) is 63.4 Å². The van der Waals surface area contributed by atoms with Crippen LogP contribution in [0.2, 0.25) is 0 Å². The second-order valence-corrected chi connectivity index (χ2v) is 5.74. The Hall–Kier alpha value is -1.61. The monoisotopic (exact) mass is 269 g/mol. The molecule has 1 fully saturated rings. The molecule has 2 aliphatic rings. The summed E-state index contributed by atoms with van der Waals surface area (Å²) in [7, 11) is 0. The zero-order valence-electron chi connectivity index (χ0n) is 12.4. The highest BCUT2D eigenvalue weighted by Crippen LogP contribution is 2.35. The standard InChI is InChI=1S/C17H23N3/c1-13-11-14(2)20(12-19-13)17-6-4-3-5-16(17)15-7-9-18-10-8-15/h3-6,11,15,18H,7-10,12H2,1-2H3. The quantitative estimate of drug-likeness (QED) is 0.892. The van der Waals surface area contributed by atoms with Crippen LogP contribution in [0.3, 0.4) is 0 Å². The molecule has 3 rings (SSSR count). The Morgan fingerprint density at radius 2 is 1.90 bits per heavy atom. The molecule has 3 heteroatoms. The molecule has 1 saturated heterocycles. The van der Waals surface area contributed by atoms with Gasteiger partial charge in [-0.2, -0.15) is 0 Å².